The molecule has 0 spiro atoms. The second-order valence-corrected chi connectivity index (χ2v) is 7.67. The van der Waals surface area contributed by atoms with E-state index in [0.29, 0.717) is 0 Å². The Labute approximate surface area is 133 Å². The van der Waals surface area contributed by atoms with Crippen molar-refractivity contribution in [3.8, 4) is 0 Å². The third-order valence-electron chi connectivity index (χ3n) is 6.15. The van der Waals surface area contributed by atoms with Gasteiger partial charge in [0.2, 0.25) is 0 Å². The number of hydrogen-bond acceptors (Lipinski definition) is 2. The molecule has 1 heterocycles. The van der Waals surface area contributed by atoms with Gasteiger partial charge < -0.3 is 10.2 Å². The molecule has 1 N–H and O–H groups in total. The van der Waals surface area contributed by atoms with Gasteiger partial charge in [-0.15, -0.1) is 0 Å². The first-order valence-corrected chi connectivity index (χ1v) is 9.68. The average molecular weight is 295 g/mol. The van der Waals surface area contributed by atoms with Crippen molar-refractivity contribution in [3.05, 3.63) is 0 Å². The zero-order valence-corrected chi connectivity index (χ0v) is 14.7. The predicted molar refractivity (Wildman–Crippen MR) is 92.7 cm³/mol. The van der Waals surface area contributed by atoms with Crippen molar-refractivity contribution in [2.24, 2.45) is 17.8 Å². The van der Waals surface area contributed by atoms with Crippen LogP contribution in [0.3, 0.4) is 0 Å². The molecule has 0 bridgehead atoms. The standard InChI is InChI=1S/C19H38N2/c1-4-12-21-13-10-19(11-14-21)16(3)20-15-18-8-6-17(5-2)7-9-18/h16-20H,4-15H2,1-3H3. The molecule has 2 heteroatoms. The van der Waals surface area contributed by atoms with Gasteiger partial charge in [0.1, 0.15) is 0 Å². The summed E-state index contributed by atoms with van der Waals surface area (Å²) in [5.41, 5.74) is 0. The number of hydrogen-bond donors (Lipinski definition) is 1. The summed E-state index contributed by atoms with van der Waals surface area (Å²) in [6.45, 7) is 12.3. The molecule has 21 heavy (non-hydrogen) atoms. The first-order chi connectivity index (χ1) is 10.2. The Balaban J connectivity index is 1.61. The highest BCUT2D eigenvalue weighted by Crippen LogP contribution is 2.30. The zero-order valence-electron chi connectivity index (χ0n) is 14.7. The molecule has 0 aromatic heterocycles. The third-order valence-corrected chi connectivity index (χ3v) is 6.15. The van der Waals surface area contributed by atoms with Gasteiger partial charge in [0.25, 0.3) is 0 Å². The van der Waals surface area contributed by atoms with Crippen LogP contribution >= 0.6 is 0 Å². The van der Waals surface area contributed by atoms with Crippen LogP contribution < -0.4 is 5.32 Å². The van der Waals surface area contributed by atoms with E-state index in [9.17, 15) is 0 Å². The molecule has 2 aliphatic rings. The largest absolute Gasteiger partial charge is 0.314 e. The Kier molecular flexibility index (Phi) is 7.53. The Bertz CT molecular complexity index is 263. The van der Waals surface area contributed by atoms with Gasteiger partial charge in [-0.25, -0.2) is 0 Å². The molecule has 1 aliphatic heterocycles. The number of piperidine rings is 1. The lowest BCUT2D eigenvalue weighted by atomic mass is 9.80. The van der Waals surface area contributed by atoms with Crippen LogP contribution in [0, 0.1) is 17.8 Å². The first kappa shape index (κ1) is 17.3. The summed E-state index contributed by atoms with van der Waals surface area (Å²) >= 11 is 0. The quantitative estimate of drug-likeness (QED) is 0.753. The molecule has 0 amide bonds. The van der Waals surface area contributed by atoms with Gasteiger partial charge in [0.15, 0.2) is 0 Å². The van der Waals surface area contributed by atoms with Crippen molar-refractivity contribution in [1.82, 2.24) is 10.2 Å². The molecule has 1 unspecified atom stereocenters. The van der Waals surface area contributed by atoms with Crippen LogP contribution in [0.2, 0.25) is 0 Å². The van der Waals surface area contributed by atoms with Crippen molar-refractivity contribution in [3.63, 3.8) is 0 Å². The zero-order chi connectivity index (χ0) is 15.1. The molecule has 1 atom stereocenters. The maximum Gasteiger partial charge on any atom is 0.00680 e. The summed E-state index contributed by atoms with van der Waals surface area (Å²) < 4.78 is 0. The molecule has 2 nitrogen and oxygen atoms in total. The first-order valence-electron chi connectivity index (χ1n) is 9.68. The lowest BCUT2D eigenvalue weighted by molar-refractivity contribution is 0.158. The molecule has 0 radical (unpaired) electrons. The van der Waals surface area contributed by atoms with Gasteiger partial charge in [0.05, 0.1) is 0 Å². The Morgan fingerprint density at radius 2 is 1.57 bits per heavy atom. The van der Waals surface area contributed by atoms with Crippen molar-refractivity contribution < 1.29 is 0 Å². The monoisotopic (exact) mass is 294 g/mol. The van der Waals surface area contributed by atoms with Gasteiger partial charge >= 0.3 is 0 Å². The molecule has 2 rings (SSSR count). The van der Waals surface area contributed by atoms with Crippen LogP contribution in [-0.2, 0) is 0 Å². The number of likely N-dealkylation sites (tertiary alicyclic amines) is 1. The van der Waals surface area contributed by atoms with Crippen molar-refractivity contribution in [2.75, 3.05) is 26.2 Å². The maximum absolute atomic E-state index is 3.88. The molecule has 1 saturated carbocycles. The molecule has 1 aliphatic carbocycles. The Morgan fingerprint density at radius 3 is 2.14 bits per heavy atom. The van der Waals surface area contributed by atoms with Crippen LogP contribution in [0.25, 0.3) is 0 Å². The van der Waals surface area contributed by atoms with Gasteiger partial charge in [0, 0.05) is 6.04 Å². The molecule has 0 aromatic rings. The van der Waals surface area contributed by atoms with Gasteiger partial charge in [-0.05, 0) is 83.0 Å². The number of nitrogens with zero attached hydrogens (tertiary/aromatic N) is 1. The smallest absolute Gasteiger partial charge is 0.00680 e. The molecule has 0 aromatic carbocycles. The number of rotatable bonds is 7. The van der Waals surface area contributed by atoms with Gasteiger partial charge in [-0.1, -0.05) is 33.1 Å². The van der Waals surface area contributed by atoms with Crippen molar-refractivity contribution >= 4 is 0 Å². The molecule has 2 fully saturated rings. The highest BCUT2D eigenvalue weighted by atomic mass is 15.1. The Hall–Kier alpha value is -0.0800. The third kappa shape index (κ3) is 5.56. The lowest BCUT2D eigenvalue weighted by Gasteiger charge is -2.36. The van der Waals surface area contributed by atoms with Crippen molar-refractivity contribution in [2.45, 2.75) is 78.2 Å². The fraction of sp³-hybridized carbons (Fsp3) is 1.00. The van der Waals surface area contributed by atoms with E-state index >= 15 is 0 Å². The van der Waals surface area contributed by atoms with E-state index in [2.05, 4.69) is 31.0 Å². The normalized spacial score (nSPS) is 30.4. The van der Waals surface area contributed by atoms with Crippen LogP contribution in [0.1, 0.15) is 72.1 Å². The van der Waals surface area contributed by atoms with E-state index in [1.165, 1.54) is 77.5 Å². The fourth-order valence-corrected chi connectivity index (χ4v) is 4.36. The molecule has 1 saturated heterocycles. The summed E-state index contributed by atoms with van der Waals surface area (Å²) in [6, 6.07) is 0.720. The van der Waals surface area contributed by atoms with E-state index in [1.54, 1.807) is 0 Å². The van der Waals surface area contributed by atoms with E-state index in [0.717, 1.165) is 23.8 Å². The summed E-state index contributed by atoms with van der Waals surface area (Å²) in [4.78, 5) is 2.65. The summed E-state index contributed by atoms with van der Waals surface area (Å²) in [5, 5.41) is 3.88. The van der Waals surface area contributed by atoms with Gasteiger partial charge in [-0.2, -0.15) is 0 Å². The van der Waals surface area contributed by atoms with E-state index in [-0.39, 0.29) is 0 Å². The van der Waals surface area contributed by atoms with Crippen LogP contribution in [0.15, 0.2) is 0 Å². The SMILES string of the molecule is CCCN1CCC(C(C)NCC2CCC(CC)CC2)CC1. The molecular formula is C19H38N2. The minimum Gasteiger partial charge on any atom is -0.314 e. The van der Waals surface area contributed by atoms with Crippen molar-refractivity contribution in [1.29, 1.82) is 0 Å². The maximum atomic E-state index is 3.88. The minimum atomic E-state index is 0.720. The Morgan fingerprint density at radius 1 is 0.952 bits per heavy atom. The predicted octanol–water partition coefficient (Wildman–Crippen LogP) is 4.30. The molecule has 124 valence electrons. The minimum absolute atomic E-state index is 0.720. The fourth-order valence-electron chi connectivity index (χ4n) is 4.36. The van der Waals surface area contributed by atoms with Gasteiger partial charge in [-0.3, -0.25) is 0 Å². The van der Waals surface area contributed by atoms with E-state index in [1.807, 2.05) is 0 Å². The summed E-state index contributed by atoms with van der Waals surface area (Å²) in [7, 11) is 0. The topological polar surface area (TPSA) is 15.3 Å². The molecular weight excluding hydrogens is 256 g/mol. The van der Waals surface area contributed by atoms with E-state index in [4.69, 9.17) is 0 Å². The highest BCUT2D eigenvalue weighted by molar-refractivity contribution is 4.81. The second kappa shape index (κ2) is 9.15. The van der Waals surface area contributed by atoms with Crippen LogP contribution in [0.5, 0.6) is 0 Å². The average Bonchev–Trinajstić information content (AvgIpc) is 2.54. The summed E-state index contributed by atoms with van der Waals surface area (Å²) in [6.07, 6.45) is 11.4. The van der Waals surface area contributed by atoms with Crippen LogP contribution in [-0.4, -0.2) is 37.1 Å². The lowest BCUT2D eigenvalue weighted by Crippen LogP contribution is -2.43. The second-order valence-electron chi connectivity index (χ2n) is 7.67. The summed E-state index contributed by atoms with van der Waals surface area (Å²) in [5.74, 6) is 2.89. The van der Waals surface area contributed by atoms with Crippen LogP contribution in [0.4, 0.5) is 0 Å². The van der Waals surface area contributed by atoms with E-state index < -0.39 is 0 Å². The highest BCUT2D eigenvalue weighted by Gasteiger charge is 2.25. The number of nitrogens with one attached hydrogen (secondary N) is 1.